The van der Waals surface area contributed by atoms with Gasteiger partial charge in [0.25, 0.3) is 11.8 Å². The van der Waals surface area contributed by atoms with Gasteiger partial charge in [-0.2, -0.15) is 10.2 Å². The number of terminal acetylenes is 1. The predicted octanol–water partition coefficient (Wildman–Crippen LogP) is 3.36. The Kier molecular flexibility index (Phi) is 11.3. The van der Waals surface area contributed by atoms with Crippen LogP contribution in [0.5, 0.6) is 11.5 Å². The number of primary amides is 2. The summed E-state index contributed by atoms with van der Waals surface area (Å²) >= 11 is 3.13. The maximum atomic E-state index is 14.6. The molecular weight excluding hydrogens is 810 g/mol. The zero-order valence-electron chi connectivity index (χ0n) is 30.2. The van der Waals surface area contributed by atoms with Crippen LogP contribution in [0.2, 0.25) is 0 Å². The smallest absolute Gasteiger partial charge is 0.268 e. The number of nitrogens with one attached hydrogen (secondary N) is 2. The molecule has 0 radical (unpaired) electrons. The minimum atomic E-state index is -1.51. The van der Waals surface area contributed by atoms with Gasteiger partial charge in [-0.3, -0.25) is 19.8 Å². The van der Waals surface area contributed by atoms with Gasteiger partial charge in [-0.25, -0.2) is 18.7 Å². The van der Waals surface area contributed by atoms with Crippen molar-refractivity contribution < 1.29 is 38.1 Å². The van der Waals surface area contributed by atoms with E-state index in [-0.39, 0.29) is 23.6 Å². The molecule has 6 heterocycles. The first-order valence-corrected chi connectivity index (χ1v) is 17.6. The summed E-state index contributed by atoms with van der Waals surface area (Å²) in [6, 6.07) is 5.59. The van der Waals surface area contributed by atoms with E-state index in [0.29, 0.717) is 69.6 Å². The Hall–Kier alpha value is -6.80. The number of carbonyl (C=O) groups is 2. The van der Waals surface area contributed by atoms with Crippen LogP contribution in [0.15, 0.2) is 65.9 Å². The van der Waals surface area contributed by atoms with Gasteiger partial charge in [0.1, 0.15) is 59.4 Å². The lowest BCUT2D eigenvalue weighted by Crippen LogP contribution is -2.17. The Morgan fingerprint density at radius 2 is 1.33 bits per heavy atom. The number of aromatic nitrogens is 8. The number of imidazole rings is 2. The number of hydrogen-bond donors (Lipinski definition) is 6. The lowest BCUT2D eigenvalue weighted by molar-refractivity contribution is 0.0987. The molecule has 6 aromatic rings. The molecule has 2 aliphatic rings. The van der Waals surface area contributed by atoms with E-state index in [2.05, 4.69) is 64.1 Å². The van der Waals surface area contributed by atoms with Gasteiger partial charge in [-0.05, 0) is 41.9 Å². The SMILES string of the molecule is C#CC(C)(O)c1cn[nH]c1.CC(O)(C#Cc1cc2c(cc1F)OCCn1cc(C(N)=O)nc1-2)c1cn[nH]c1.NC(=O)c1cn2c(n1)-c1cc(Br)c(F)cc1OCC2. The van der Waals surface area contributed by atoms with Crippen molar-refractivity contribution in [3.05, 3.63) is 106 Å². The molecular formula is C38H33BrF2N10O6. The normalized spacial score (nSPS) is 14.3. The Morgan fingerprint density at radius 3 is 1.81 bits per heavy atom. The molecule has 4 aromatic heterocycles. The molecule has 2 unspecified atom stereocenters. The molecule has 19 heteroatoms. The summed E-state index contributed by atoms with van der Waals surface area (Å²) in [7, 11) is 0. The van der Waals surface area contributed by atoms with E-state index < -0.39 is 34.7 Å². The van der Waals surface area contributed by atoms with Crippen LogP contribution >= 0.6 is 15.9 Å². The topological polar surface area (TPSA) is 238 Å². The van der Waals surface area contributed by atoms with Gasteiger partial charge in [0.15, 0.2) is 11.2 Å². The van der Waals surface area contributed by atoms with Gasteiger partial charge < -0.3 is 40.3 Å². The number of rotatable bonds is 4. The standard InChI is InChI=1S/C19H16FN5O3.C12H9BrFN3O2.C7H8N2O/c1-19(27,12-8-22-23-9-12)3-2-11-6-13-16(7-14(11)20)28-5-4-25-10-15(17(21)26)24-18(13)25;13-7-3-6-10(4-8(7)14)19-2-1-17-5-9(11(15)18)16-12(6)17;1-3-7(2,10)6-4-8-9-5-6/h6-10,27H,4-5H2,1H3,(H2,21,26)(H,22,23);3-5H,1-2H2,(H2,15,18);1,4-5,10H,2H3,(H,8,9). The number of aromatic amines is 2. The van der Waals surface area contributed by atoms with Crippen LogP contribution in [0.4, 0.5) is 8.78 Å². The maximum absolute atomic E-state index is 14.6. The molecule has 0 saturated heterocycles. The first kappa shape index (κ1) is 39.9. The van der Waals surface area contributed by atoms with E-state index in [1.807, 2.05) is 0 Å². The van der Waals surface area contributed by atoms with Crippen LogP contribution in [0.1, 0.15) is 51.5 Å². The van der Waals surface area contributed by atoms with Crippen LogP contribution in [0, 0.1) is 35.8 Å². The Balaban J connectivity index is 0.000000162. The minimum absolute atomic E-state index is 0.0585. The van der Waals surface area contributed by atoms with Crippen LogP contribution in [-0.4, -0.2) is 74.7 Å². The van der Waals surface area contributed by atoms with E-state index in [0.717, 1.165) is 0 Å². The highest BCUT2D eigenvalue weighted by Gasteiger charge is 2.25. The molecule has 2 aliphatic heterocycles. The number of fused-ring (bicyclic) bond motifs is 6. The fraction of sp³-hybridized carbons (Fsp3) is 0.211. The highest BCUT2D eigenvalue weighted by molar-refractivity contribution is 9.10. The summed E-state index contributed by atoms with van der Waals surface area (Å²) in [5.74, 6) is 7.00. The average Bonchev–Trinajstić information content (AvgIpc) is 4.00. The fourth-order valence-corrected chi connectivity index (χ4v) is 5.84. The van der Waals surface area contributed by atoms with E-state index in [1.54, 1.807) is 27.6 Å². The van der Waals surface area contributed by atoms with Crippen LogP contribution in [-0.2, 0) is 24.3 Å². The zero-order chi connectivity index (χ0) is 41.1. The molecule has 0 spiro atoms. The summed E-state index contributed by atoms with van der Waals surface area (Å²) in [4.78, 5) is 31.1. The zero-order valence-corrected chi connectivity index (χ0v) is 31.8. The number of nitrogens with two attached hydrogens (primary N) is 2. The maximum Gasteiger partial charge on any atom is 0.268 e. The van der Waals surface area contributed by atoms with Crippen molar-refractivity contribution in [2.75, 3.05) is 13.2 Å². The first-order valence-electron chi connectivity index (χ1n) is 16.8. The van der Waals surface area contributed by atoms with Crippen molar-refractivity contribution in [3.63, 3.8) is 0 Å². The third kappa shape index (κ3) is 8.71. The number of hydrogen-bond acceptors (Lipinski definition) is 10. The Labute approximate surface area is 331 Å². The third-order valence-electron chi connectivity index (χ3n) is 8.65. The number of aliphatic hydroxyl groups is 2. The van der Waals surface area contributed by atoms with Gasteiger partial charge in [0.2, 0.25) is 0 Å². The number of carbonyl (C=O) groups excluding carboxylic acids is 2. The van der Waals surface area contributed by atoms with E-state index in [4.69, 9.17) is 27.4 Å². The van der Waals surface area contributed by atoms with Crippen molar-refractivity contribution in [1.82, 2.24) is 39.5 Å². The molecule has 2 amide bonds. The largest absolute Gasteiger partial charge is 0.491 e. The van der Waals surface area contributed by atoms with Crippen molar-refractivity contribution >= 4 is 27.7 Å². The number of ether oxygens (including phenoxy) is 2. The lowest BCUT2D eigenvalue weighted by Gasteiger charge is -2.13. The molecule has 292 valence electrons. The van der Waals surface area contributed by atoms with Crippen molar-refractivity contribution in [1.29, 1.82) is 0 Å². The van der Waals surface area contributed by atoms with Gasteiger partial charge in [-0.15, -0.1) is 6.42 Å². The monoisotopic (exact) mass is 842 g/mol. The average molecular weight is 844 g/mol. The number of nitrogens with zero attached hydrogens (tertiary/aromatic N) is 6. The van der Waals surface area contributed by atoms with Crippen molar-refractivity contribution in [2.24, 2.45) is 11.5 Å². The highest BCUT2D eigenvalue weighted by atomic mass is 79.9. The molecule has 2 atom stereocenters. The summed E-state index contributed by atoms with van der Waals surface area (Å²) in [5.41, 5.74) is 10.4. The van der Waals surface area contributed by atoms with E-state index in [9.17, 15) is 28.6 Å². The molecule has 2 aromatic carbocycles. The van der Waals surface area contributed by atoms with Crippen molar-refractivity contribution in [3.8, 4) is 58.5 Å². The quantitative estimate of drug-likeness (QED) is 0.142. The number of amides is 2. The van der Waals surface area contributed by atoms with E-state index in [1.165, 1.54) is 56.8 Å². The van der Waals surface area contributed by atoms with Crippen LogP contribution < -0.4 is 20.9 Å². The summed E-state index contributed by atoms with van der Waals surface area (Å²) < 4.78 is 43.0. The molecule has 8 N–H and O–H groups in total. The minimum Gasteiger partial charge on any atom is -0.491 e. The van der Waals surface area contributed by atoms with Gasteiger partial charge >= 0.3 is 0 Å². The summed E-state index contributed by atoms with van der Waals surface area (Å²) in [6.07, 6.45) is 14.2. The van der Waals surface area contributed by atoms with Gasteiger partial charge in [0, 0.05) is 48.0 Å². The van der Waals surface area contributed by atoms with Crippen LogP contribution in [0.25, 0.3) is 22.8 Å². The number of benzene rings is 2. The molecule has 8 rings (SSSR count). The van der Waals surface area contributed by atoms with E-state index >= 15 is 0 Å². The van der Waals surface area contributed by atoms with Gasteiger partial charge in [0.05, 0.1) is 46.6 Å². The molecule has 0 fully saturated rings. The molecule has 0 aliphatic carbocycles. The number of H-pyrrole nitrogens is 2. The highest BCUT2D eigenvalue weighted by Crippen LogP contribution is 2.36. The van der Waals surface area contributed by atoms with Crippen LogP contribution in [0.3, 0.4) is 0 Å². The summed E-state index contributed by atoms with van der Waals surface area (Å²) in [6.45, 7) is 4.63. The third-order valence-corrected chi connectivity index (χ3v) is 9.26. The first-order chi connectivity index (χ1) is 27.1. The summed E-state index contributed by atoms with van der Waals surface area (Å²) in [5, 5.41) is 32.5. The molecule has 0 bridgehead atoms. The van der Waals surface area contributed by atoms with Crippen molar-refractivity contribution in [2.45, 2.75) is 38.1 Å². The molecule has 16 nitrogen and oxygen atoms in total. The lowest BCUT2D eigenvalue weighted by atomic mass is 9.99. The molecule has 57 heavy (non-hydrogen) atoms. The number of halogens is 3. The predicted molar refractivity (Wildman–Crippen MR) is 203 cm³/mol. The van der Waals surface area contributed by atoms with Gasteiger partial charge in [-0.1, -0.05) is 17.8 Å². The molecule has 0 saturated carbocycles. The Bertz CT molecular complexity index is 2560. The fourth-order valence-electron chi connectivity index (χ4n) is 5.49. The Morgan fingerprint density at radius 1 is 0.842 bits per heavy atom. The second-order valence-corrected chi connectivity index (χ2v) is 13.7. The second-order valence-electron chi connectivity index (χ2n) is 12.8. The second kappa shape index (κ2) is 16.1.